The molecule has 3 heterocycles. The number of anilines is 1. The van der Waals surface area contributed by atoms with Gasteiger partial charge >= 0.3 is 11.6 Å². The van der Waals surface area contributed by atoms with Crippen LogP contribution in [0, 0.1) is 13.8 Å². The zero-order valence-corrected chi connectivity index (χ0v) is 16.7. The third-order valence-corrected chi connectivity index (χ3v) is 5.08. The van der Waals surface area contributed by atoms with E-state index in [0.717, 1.165) is 16.8 Å². The molecule has 0 unspecified atom stereocenters. The molecule has 5 aromatic rings. The number of aryl methyl sites for hydroxylation is 2. The normalized spacial score (nSPS) is 11.3. The second-order valence-corrected chi connectivity index (χ2v) is 7.15. The molecule has 0 aliphatic carbocycles. The first-order valence-corrected chi connectivity index (χ1v) is 9.44. The molecule has 9 nitrogen and oxygen atoms in total. The van der Waals surface area contributed by atoms with E-state index in [0.29, 0.717) is 16.6 Å². The Morgan fingerprint density at radius 1 is 1.03 bits per heavy atom. The van der Waals surface area contributed by atoms with Gasteiger partial charge in [0, 0.05) is 17.6 Å². The van der Waals surface area contributed by atoms with Gasteiger partial charge < -0.3 is 19.7 Å². The third-order valence-electron chi connectivity index (χ3n) is 5.08. The molecular weight excluding hydrogens is 398 g/mol. The molecule has 0 saturated heterocycles. The van der Waals surface area contributed by atoms with Crippen LogP contribution in [-0.4, -0.2) is 25.1 Å². The van der Waals surface area contributed by atoms with Gasteiger partial charge in [0.05, 0.1) is 16.8 Å². The minimum atomic E-state index is -0.529. The van der Waals surface area contributed by atoms with Crippen LogP contribution in [-0.2, 0) is 0 Å². The van der Waals surface area contributed by atoms with Gasteiger partial charge in [0.1, 0.15) is 11.4 Å². The number of nitrogens with two attached hydrogens (primary N) is 1. The maximum absolute atomic E-state index is 12.1. The molecule has 2 aromatic carbocycles. The van der Waals surface area contributed by atoms with E-state index in [1.807, 2.05) is 31.2 Å². The molecule has 0 saturated carbocycles. The molecule has 0 amide bonds. The monoisotopic (exact) mass is 415 g/mol. The lowest BCUT2D eigenvalue weighted by Gasteiger charge is -2.08. The van der Waals surface area contributed by atoms with Crippen molar-refractivity contribution in [3.8, 4) is 34.1 Å². The zero-order valence-electron chi connectivity index (χ0n) is 16.7. The first kappa shape index (κ1) is 18.6. The molecule has 0 fully saturated rings. The van der Waals surface area contributed by atoms with Crippen LogP contribution in [0.2, 0.25) is 0 Å². The Morgan fingerprint density at radius 3 is 2.58 bits per heavy atom. The Hall–Kier alpha value is -4.40. The van der Waals surface area contributed by atoms with Crippen LogP contribution in [0.1, 0.15) is 11.1 Å². The molecule has 31 heavy (non-hydrogen) atoms. The van der Waals surface area contributed by atoms with Crippen LogP contribution >= 0.6 is 0 Å². The van der Waals surface area contributed by atoms with Crippen LogP contribution in [0.3, 0.4) is 0 Å². The van der Waals surface area contributed by atoms with Crippen LogP contribution in [0.25, 0.3) is 39.4 Å². The van der Waals surface area contributed by atoms with E-state index in [4.69, 9.17) is 19.7 Å². The largest absolute Gasteiger partial charge is 0.507 e. The van der Waals surface area contributed by atoms with Gasteiger partial charge in [0.15, 0.2) is 5.58 Å². The molecule has 0 spiro atoms. The second-order valence-electron chi connectivity index (χ2n) is 7.15. The van der Waals surface area contributed by atoms with Gasteiger partial charge in [-0.05, 0) is 43.2 Å². The van der Waals surface area contributed by atoms with Crippen molar-refractivity contribution in [1.82, 2.24) is 20.0 Å². The quantitative estimate of drug-likeness (QED) is 0.427. The fraction of sp³-hybridized carbons (Fsp3) is 0.0909. The first-order chi connectivity index (χ1) is 14.9. The summed E-state index contributed by atoms with van der Waals surface area (Å²) < 4.78 is 12.6. The number of hydrogen-bond acceptors (Lipinski definition) is 8. The SMILES string of the molecule is Cc1ccccc1-n1cc(-c2nnc(N)o2)c(-c2c(O)ccc3c(C)cc(=O)oc23)n1. The fourth-order valence-electron chi connectivity index (χ4n) is 3.60. The maximum Gasteiger partial charge on any atom is 0.336 e. The van der Waals surface area contributed by atoms with Gasteiger partial charge in [-0.25, -0.2) is 9.48 Å². The number of aromatic nitrogens is 4. The summed E-state index contributed by atoms with van der Waals surface area (Å²) in [5.41, 5.74) is 8.82. The van der Waals surface area contributed by atoms with E-state index in [1.54, 1.807) is 23.9 Å². The van der Waals surface area contributed by atoms with Crippen molar-refractivity contribution in [2.45, 2.75) is 13.8 Å². The Morgan fingerprint density at radius 2 is 1.84 bits per heavy atom. The maximum atomic E-state index is 12.1. The van der Waals surface area contributed by atoms with E-state index in [-0.39, 0.29) is 28.8 Å². The zero-order chi connectivity index (χ0) is 21.7. The average molecular weight is 415 g/mol. The van der Waals surface area contributed by atoms with E-state index in [1.165, 1.54) is 12.1 Å². The predicted octanol–water partition coefficient (Wildman–Crippen LogP) is 3.60. The van der Waals surface area contributed by atoms with Crippen molar-refractivity contribution in [3.05, 3.63) is 70.2 Å². The van der Waals surface area contributed by atoms with Crippen molar-refractivity contribution >= 4 is 17.0 Å². The molecular formula is C22H17N5O4. The van der Waals surface area contributed by atoms with E-state index in [2.05, 4.69) is 10.2 Å². The molecule has 154 valence electrons. The first-order valence-electron chi connectivity index (χ1n) is 9.44. The Labute approximate surface area is 175 Å². The predicted molar refractivity (Wildman–Crippen MR) is 114 cm³/mol. The summed E-state index contributed by atoms with van der Waals surface area (Å²) in [4.78, 5) is 12.1. The van der Waals surface area contributed by atoms with Crippen molar-refractivity contribution in [2.24, 2.45) is 0 Å². The Bertz CT molecular complexity index is 1510. The van der Waals surface area contributed by atoms with E-state index in [9.17, 15) is 9.90 Å². The van der Waals surface area contributed by atoms with Gasteiger partial charge in [-0.1, -0.05) is 23.3 Å². The smallest absolute Gasteiger partial charge is 0.336 e. The summed E-state index contributed by atoms with van der Waals surface area (Å²) >= 11 is 0. The highest BCUT2D eigenvalue weighted by molar-refractivity contribution is 5.99. The number of para-hydroxylation sites is 1. The van der Waals surface area contributed by atoms with Crippen LogP contribution < -0.4 is 11.4 Å². The molecule has 0 bridgehead atoms. The summed E-state index contributed by atoms with van der Waals surface area (Å²) in [5.74, 6) is 0.0174. The van der Waals surface area contributed by atoms with E-state index >= 15 is 0 Å². The summed E-state index contributed by atoms with van der Waals surface area (Å²) in [7, 11) is 0. The van der Waals surface area contributed by atoms with Crippen LogP contribution in [0.4, 0.5) is 6.01 Å². The van der Waals surface area contributed by atoms with Gasteiger partial charge in [0.2, 0.25) is 0 Å². The van der Waals surface area contributed by atoms with Crippen molar-refractivity contribution in [1.29, 1.82) is 0 Å². The number of nitrogen functional groups attached to an aromatic ring is 1. The average Bonchev–Trinajstić information content (AvgIpc) is 3.34. The number of benzene rings is 2. The second kappa shape index (κ2) is 6.84. The topological polar surface area (TPSA) is 133 Å². The molecule has 3 N–H and O–H groups in total. The van der Waals surface area contributed by atoms with Crippen molar-refractivity contribution in [2.75, 3.05) is 5.73 Å². The number of rotatable bonds is 3. The summed E-state index contributed by atoms with van der Waals surface area (Å²) in [6.45, 7) is 3.75. The molecule has 0 aliphatic heterocycles. The van der Waals surface area contributed by atoms with Crippen molar-refractivity contribution < 1.29 is 13.9 Å². The molecule has 0 aliphatic rings. The summed E-state index contributed by atoms with van der Waals surface area (Å²) in [5, 5.41) is 23.8. The molecule has 9 heteroatoms. The Kier molecular flexibility index (Phi) is 4.11. The van der Waals surface area contributed by atoms with E-state index < -0.39 is 5.63 Å². The lowest BCUT2D eigenvalue weighted by Crippen LogP contribution is -2.00. The van der Waals surface area contributed by atoms with Gasteiger partial charge in [-0.3, -0.25) is 0 Å². The Balaban J connectivity index is 1.87. The number of nitrogens with zero attached hydrogens (tertiary/aromatic N) is 4. The highest BCUT2D eigenvalue weighted by Gasteiger charge is 2.25. The fourth-order valence-corrected chi connectivity index (χ4v) is 3.60. The molecule has 5 rings (SSSR count). The minimum Gasteiger partial charge on any atom is -0.507 e. The van der Waals surface area contributed by atoms with Gasteiger partial charge in [0.25, 0.3) is 5.89 Å². The molecule has 0 atom stereocenters. The minimum absolute atomic E-state index is 0.103. The molecule has 3 aromatic heterocycles. The van der Waals surface area contributed by atoms with Crippen LogP contribution in [0.5, 0.6) is 5.75 Å². The lowest BCUT2D eigenvalue weighted by molar-refractivity contribution is 0.475. The number of aromatic hydroxyl groups is 1. The molecule has 0 radical (unpaired) electrons. The third kappa shape index (κ3) is 3.03. The number of hydrogen-bond donors (Lipinski definition) is 2. The van der Waals surface area contributed by atoms with Crippen molar-refractivity contribution in [3.63, 3.8) is 0 Å². The lowest BCUT2D eigenvalue weighted by atomic mass is 10.0. The highest BCUT2D eigenvalue weighted by Crippen LogP contribution is 2.41. The standard InChI is InChI=1S/C22H17N5O4/c1-11-5-3-4-6-15(11)27-10-14(21-24-25-22(23)31-21)19(26-27)18-16(28)8-7-13-12(2)9-17(29)30-20(13)18/h3-10,28H,1-2H3,(H2,23,25). The summed E-state index contributed by atoms with van der Waals surface area (Å²) in [6.07, 6.45) is 1.71. The number of fused-ring (bicyclic) bond motifs is 1. The van der Waals surface area contributed by atoms with Gasteiger partial charge in [-0.15, -0.1) is 5.10 Å². The van der Waals surface area contributed by atoms with Gasteiger partial charge in [-0.2, -0.15) is 5.10 Å². The highest BCUT2D eigenvalue weighted by atomic mass is 16.4. The summed E-state index contributed by atoms with van der Waals surface area (Å²) in [6, 6.07) is 12.2. The number of phenols is 1. The van der Waals surface area contributed by atoms with Crippen LogP contribution in [0.15, 0.2) is 62.3 Å². The number of phenolic OH excluding ortho intramolecular Hbond substituents is 1.